The van der Waals surface area contributed by atoms with Crippen LogP contribution in [0.4, 0.5) is 16.2 Å². The van der Waals surface area contributed by atoms with Crippen molar-refractivity contribution in [2.24, 2.45) is 0 Å². The van der Waals surface area contributed by atoms with Gasteiger partial charge in [0.15, 0.2) is 0 Å². The van der Waals surface area contributed by atoms with Crippen molar-refractivity contribution in [2.75, 3.05) is 36.9 Å². The van der Waals surface area contributed by atoms with Gasteiger partial charge in [0.25, 0.3) is 10.0 Å². The standard InChI is InChI=1S/C26H29N3O5S/c1-19-5-11-25(12-6-19)35(31,32)27-21-7-9-22(10-8-21)29-14-4-13-28(26(29)30)18-20-15-23(33-2)17-24(16-20)34-3/h5-12,15-17,27H,4,13-14,18H2,1-3H3. The van der Waals surface area contributed by atoms with Crippen molar-refractivity contribution < 1.29 is 22.7 Å². The molecule has 1 aliphatic heterocycles. The van der Waals surface area contributed by atoms with E-state index in [1.165, 1.54) is 0 Å². The summed E-state index contributed by atoms with van der Waals surface area (Å²) in [5.74, 6) is 1.34. The zero-order valence-electron chi connectivity index (χ0n) is 20.0. The number of methoxy groups -OCH3 is 2. The number of hydrogen-bond acceptors (Lipinski definition) is 5. The molecule has 0 aromatic heterocycles. The van der Waals surface area contributed by atoms with Crippen LogP contribution in [0.3, 0.4) is 0 Å². The summed E-state index contributed by atoms with van der Waals surface area (Å²) in [6.45, 7) is 3.56. The molecule has 0 bridgehead atoms. The number of carbonyl (C=O) groups excluding carboxylic acids is 1. The van der Waals surface area contributed by atoms with Crippen molar-refractivity contribution in [3.05, 3.63) is 77.9 Å². The van der Waals surface area contributed by atoms with Gasteiger partial charge in [0, 0.05) is 37.1 Å². The summed E-state index contributed by atoms with van der Waals surface area (Å²) in [7, 11) is -0.505. The Morgan fingerprint density at radius 3 is 2.11 bits per heavy atom. The number of aryl methyl sites for hydroxylation is 1. The van der Waals surface area contributed by atoms with Gasteiger partial charge >= 0.3 is 6.03 Å². The highest BCUT2D eigenvalue weighted by atomic mass is 32.2. The van der Waals surface area contributed by atoms with Gasteiger partial charge in [-0.05, 0) is 67.4 Å². The van der Waals surface area contributed by atoms with Gasteiger partial charge in [0.05, 0.1) is 19.1 Å². The van der Waals surface area contributed by atoms with Gasteiger partial charge < -0.3 is 14.4 Å². The van der Waals surface area contributed by atoms with Crippen molar-refractivity contribution in [3.63, 3.8) is 0 Å². The zero-order chi connectivity index (χ0) is 25.0. The molecule has 0 unspecified atom stereocenters. The first-order chi connectivity index (χ1) is 16.8. The SMILES string of the molecule is COc1cc(CN2CCCN(c3ccc(NS(=O)(=O)c4ccc(C)cc4)cc3)C2=O)cc(OC)c1. The number of hydrogen-bond donors (Lipinski definition) is 1. The molecule has 0 radical (unpaired) electrons. The molecule has 1 N–H and O–H groups in total. The lowest BCUT2D eigenvalue weighted by molar-refractivity contribution is 0.192. The summed E-state index contributed by atoms with van der Waals surface area (Å²) in [6, 6.07) is 19.0. The molecule has 9 heteroatoms. The molecule has 0 saturated carbocycles. The number of rotatable bonds is 8. The molecule has 35 heavy (non-hydrogen) atoms. The topological polar surface area (TPSA) is 88.2 Å². The summed E-state index contributed by atoms with van der Waals surface area (Å²) >= 11 is 0. The number of nitrogens with one attached hydrogen (secondary N) is 1. The van der Waals surface area contributed by atoms with E-state index in [1.807, 2.05) is 19.1 Å². The van der Waals surface area contributed by atoms with Gasteiger partial charge in [-0.15, -0.1) is 0 Å². The van der Waals surface area contributed by atoms with Crippen LogP contribution in [0, 0.1) is 6.92 Å². The van der Waals surface area contributed by atoms with Gasteiger partial charge in [0.2, 0.25) is 0 Å². The van der Waals surface area contributed by atoms with Crippen molar-refractivity contribution in [2.45, 2.75) is 24.8 Å². The first-order valence-corrected chi connectivity index (χ1v) is 12.8. The fourth-order valence-corrected chi connectivity index (χ4v) is 5.05. The second-order valence-electron chi connectivity index (χ2n) is 8.40. The molecular formula is C26H29N3O5S. The van der Waals surface area contributed by atoms with Crippen LogP contribution in [0.1, 0.15) is 17.5 Å². The number of amides is 2. The molecule has 3 aromatic carbocycles. The number of urea groups is 1. The van der Waals surface area contributed by atoms with Crippen molar-refractivity contribution in [1.82, 2.24) is 4.90 Å². The second kappa shape index (κ2) is 10.3. The zero-order valence-corrected chi connectivity index (χ0v) is 20.8. The molecule has 2 amide bonds. The summed E-state index contributed by atoms with van der Waals surface area (Å²) in [4.78, 5) is 16.9. The largest absolute Gasteiger partial charge is 0.497 e. The maximum Gasteiger partial charge on any atom is 0.324 e. The lowest BCUT2D eigenvalue weighted by Crippen LogP contribution is -2.49. The molecule has 184 valence electrons. The Labute approximate surface area is 206 Å². The molecule has 1 saturated heterocycles. The fraction of sp³-hybridized carbons (Fsp3) is 0.269. The Morgan fingerprint density at radius 2 is 1.51 bits per heavy atom. The summed E-state index contributed by atoms with van der Waals surface area (Å²) < 4.78 is 38.6. The van der Waals surface area contributed by atoms with E-state index in [4.69, 9.17) is 9.47 Å². The average molecular weight is 496 g/mol. The average Bonchev–Trinajstić information content (AvgIpc) is 2.85. The normalized spacial score (nSPS) is 14.1. The molecule has 0 atom stereocenters. The lowest BCUT2D eigenvalue weighted by atomic mass is 10.1. The van der Waals surface area contributed by atoms with Crippen LogP contribution in [0.5, 0.6) is 11.5 Å². The van der Waals surface area contributed by atoms with Crippen LogP contribution in [0.2, 0.25) is 0 Å². The van der Waals surface area contributed by atoms with E-state index in [9.17, 15) is 13.2 Å². The van der Waals surface area contributed by atoms with E-state index >= 15 is 0 Å². The van der Waals surface area contributed by atoms with Gasteiger partial charge in [0.1, 0.15) is 11.5 Å². The summed E-state index contributed by atoms with van der Waals surface area (Å²) in [5.41, 5.74) is 3.04. The van der Waals surface area contributed by atoms with Crippen molar-refractivity contribution in [3.8, 4) is 11.5 Å². The molecule has 1 fully saturated rings. The third-order valence-corrected chi connectivity index (χ3v) is 7.26. The predicted octanol–water partition coefficient (Wildman–Crippen LogP) is 4.65. The molecule has 1 heterocycles. The number of anilines is 2. The van der Waals surface area contributed by atoms with Crippen molar-refractivity contribution >= 4 is 27.4 Å². The molecule has 3 aromatic rings. The maximum atomic E-state index is 13.2. The van der Waals surface area contributed by atoms with Crippen LogP contribution in [0.25, 0.3) is 0 Å². The molecular weight excluding hydrogens is 466 g/mol. The van der Waals surface area contributed by atoms with Crippen LogP contribution >= 0.6 is 0 Å². The number of nitrogens with zero attached hydrogens (tertiary/aromatic N) is 2. The first kappa shape index (κ1) is 24.4. The molecule has 1 aliphatic rings. The third kappa shape index (κ3) is 5.68. The van der Waals surface area contributed by atoms with E-state index < -0.39 is 10.0 Å². The lowest BCUT2D eigenvalue weighted by Gasteiger charge is -2.35. The van der Waals surface area contributed by atoms with Crippen LogP contribution in [0.15, 0.2) is 71.6 Å². The Kier molecular flexibility index (Phi) is 7.16. The monoisotopic (exact) mass is 495 g/mol. The van der Waals surface area contributed by atoms with Crippen LogP contribution in [-0.2, 0) is 16.6 Å². The van der Waals surface area contributed by atoms with Crippen LogP contribution < -0.4 is 19.1 Å². The molecule has 4 rings (SSSR count). The number of benzene rings is 3. The Bertz CT molecular complexity index is 1270. The van der Waals surface area contributed by atoms with E-state index in [0.717, 1.165) is 17.5 Å². The van der Waals surface area contributed by atoms with E-state index in [0.29, 0.717) is 42.5 Å². The Morgan fingerprint density at radius 1 is 0.886 bits per heavy atom. The quantitative estimate of drug-likeness (QED) is 0.492. The first-order valence-electron chi connectivity index (χ1n) is 11.3. The van der Waals surface area contributed by atoms with Gasteiger partial charge in [-0.1, -0.05) is 17.7 Å². The number of ether oxygens (including phenoxy) is 2. The fourth-order valence-electron chi connectivity index (χ4n) is 3.99. The van der Waals surface area contributed by atoms with Gasteiger partial charge in [-0.25, -0.2) is 13.2 Å². The smallest absolute Gasteiger partial charge is 0.324 e. The Hall–Kier alpha value is -3.72. The molecule has 8 nitrogen and oxygen atoms in total. The van der Waals surface area contributed by atoms with Gasteiger partial charge in [-0.2, -0.15) is 0 Å². The minimum absolute atomic E-state index is 0.106. The van der Waals surface area contributed by atoms with E-state index in [-0.39, 0.29) is 10.9 Å². The van der Waals surface area contributed by atoms with Crippen LogP contribution in [-0.4, -0.2) is 46.7 Å². The number of sulfonamides is 1. The predicted molar refractivity (Wildman–Crippen MR) is 136 cm³/mol. The highest BCUT2D eigenvalue weighted by molar-refractivity contribution is 7.92. The maximum absolute atomic E-state index is 13.2. The number of carbonyl (C=O) groups is 1. The van der Waals surface area contributed by atoms with E-state index in [2.05, 4.69) is 4.72 Å². The van der Waals surface area contributed by atoms with E-state index in [1.54, 1.807) is 78.6 Å². The third-order valence-electron chi connectivity index (χ3n) is 5.86. The Balaban J connectivity index is 1.46. The molecule has 0 aliphatic carbocycles. The summed E-state index contributed by atoms with van der Waals surface area (Å²) in [5, 5.41) is 0. The highest BCUT2D eigenvalue weighted by Crippen LogP contribution is 2.27. The minimum atomic E-state index is -3.69. The van der Waals surface area contributed by atoms with Gasteiger partial charge in [-0.3, -0.25) is 9.62 Å². The molecule has 0 spiro atoms. The highest BCUT2D eigenvalue weighted by Gasteiger charge is 2.27. The minimum Gasteiger partial charge on any atom is -0.497 e. The van der Waals surface area contributed by atoms with Crippen molar-refractivity contribution in [1.29, 1.82) is 0 Å². The summed E-state index contributed by atoms with van der Waals surface area (Å²) in [6.07, 6.45) is 0.814. The second-order valence-corrected chi connectivity index (χ2v) is 10.1.